The van der Waals surface area contributed by atoms with Crippen molar-refractivity contribution >= 4 is 29.8 Å². The first-order valence-corrected chi connectivity index (χ1v) is 11.5. The molecule has 8 atom stereocenters. The van der Waals surface area contributed by atoms with Gasteiger partial charge in [0.1, 0.15) is 24.4 Å². The summed E-state index contributed by atoms with van der Waals surface area (Å²) in [7, 11) is 1.11. The standard InChI is InChI=1S/C25H30O12/c1-10-8-16-18(11(2)22(28)36-16)21(37-24(30)25(6,31)12(3)33-13(4)26)20(34-14(5)27)15(23(29)32-7)9-17-19(10)35-17/h8-9,12,16-21,31H,2H2,1,3-7H3/b10-8-,15-9+. The molecule has 8 unspecified atom stereocenters. The summed E-state index contributed by atoms with van der Waals surface area (Å²) >= 11 is 0. The molecule has 0 bridgehead atoms. The van der Waals surface area contributed by atoms with Gasteiger partial charge in [-0.15, -0.1) is 0 Å². The molecule has 12 nitrogen and oxygen atoms in total. The Morgan fingerprint density at radius 1 is 1.11 bits per heavy atom. The lowest BCUT2D eigenvalue weighted by Crippen LogP contribution is -2.53. The van der Waals surface area contributed by atoms with Crippen LogP contribution in [0.4, 0.5) is 0 Å². The van der Waals surface area contributed by atoms with E-state index in [2.05, 4.69) is 6.58 Å². The molecule has 3 aliphatic rings. The van der Waals surface area contributed by atoms with Gasteiger partial charge >= 0.3 is 29.8 Å². The highest BCUT2D eigenvalue weighted by molar-refractivity contribution is 5.93. The smallest absolute Gasteiger partial charge is 0.342 e. The first-order chi connectivity index (χ1) is 17.2. The van der Waals surface area contributed by atoms with Crippen molar-refractivity contribution in [2.75, 3.05) is 7.11 Å². The molecule has 0 saturated carbocycles. The van der Waals surface area contributed by atoms with Crippen molar-refractivity contribution in [2.24, 2.45) is 5.92 Å². The summed E-state index contributed by atoms with van der Waals surface area (Å²) in [5.74, 6) is -5.72. The molecule has 0 spiro atoms. The topological polar surface area (TPSA) is 164 Å². The van der Waals surface area contributed by atoms with E-state index < -0.39 is 78.0 Å². The van der Waals surface area contributed by atoms with Gasteiger partial charge < -0.3 is 33.5 Å². The molecular formula is C25H30O12. The molecule has 1 N–H and O–H groups in total. The van der Waals surface area contributed by atoms with Gasteiger partial charge in [-0.2, -0.15) is 0 Å². The molecule has 2 saturated heterocycles. The molecule has 3 rings (SSSR count). The second kappa shape index (κ2) is 10.5. The maximum atomic E-state index is 13.3. The van der Waals surface area contributed by atoms with Gasteiger partial charge in [0, 0.05) is 19.4 Å². The van der Waals surface area contributed by atoms with Crippen molar-refractivity contribution in [3.05, 3.63) is 35.5 Å². The molecule has 0 radical (unpaired) electrons. The van der Waals surface area contributed by atoms with Crippen LogP contribution in [0.1, 0.15) is 34.6 Å². The zero-order valence-corrected chi connectivity index (χ0v) is 21.3. The molecule has 0 amide bonds. The maximum Gasteiger partial charge on any atom is 0.342 e. The van der Waals surface area contributed by atoms with Crippen LogP contribution >= 0.6 is 0 Å². The Morgan fingerprint density at radius 3 is 2.32 bits per heavy atom. The Morgan fingerprint density at radius 2 is 1.76 bits per heavy atom. The summed E-state index contributed by atoms with van der Waals surface area (Å²) in [5.41, 5.74) is -2.02. The van der Waals surface area contributed by atoms with Crippen LogP contribution in [-0.4, -0.2) is 84.3 Å². The third-order valence-electron chi connectivity index (χ3n) is 6.47. The minimum absolute atomic E-state index is 0.116. The number of rotatable bonds is 6. The van der Waals surface area contributed by atoms with Gasteiger partial charge in [-0.1, -0.05) is 6.58 Å². The van der Waals surface area contributed by atoms with E-state index in [0.29, 0.717) is 5.57 Å². The van der Waals surface area contributed by atoms with Crippen LogP contribution in [0.3, 0.4) is 0 Å². The Bertz CT molecular complexity index is 1080. The van der Waals surface area contributed by atoms with Crippen molar-refractivity contribution in [3.8, 4) is 0 Å². The van der Waals surface area contributed by atoms with E-state index in [1.165, 1.54) is 13.0 Å². The lowest BCUT2D eigenvalue weighted by Gasteiger charge is -2.36. The quantitative estimate of drug-likeness (QED) is 0.169. The van der Waals surface area contributed by atoms with Crippen LogP contribution < -0.4 is 0 Å². The van der Waals surface area contributed by atoms with E-state index in [4.69, 9.17) is 28.4 Å². The van der Waals surface area contributed by atoms with Gasteiger partial charge in [-0.3, -0.25) is 9.59 Å². The minimum atomic E-state index is -2.37. The minimum Gasteiger partial charge on any atom is -0.466 e. The molecule has 0 aromatic carbocycles. The predicted molar refractivity (Wildman–Crippen MR) is 122 cm³/mol. The van der Waals surface area contributed by atoms with Gasteiger partial charge in [0.25, 0.3) is 0 Å². The van der Waals surface area contributed by atoms with Crippen LogP contribution in [0.5, 0.6) is 0 Å². The van der Waals surface area contributed by atoms with Crippen molar-refractivity contribution in [1.82, 2.24) is 0 Å². The average molecular weight is 523 g/mol. The molecule has 12 heteroatoms. The van der Waals surface area contributed by atoms with Crippen LogP contribution in [0, 0.1) is 5.92 Å². The number of hydrogen-bond acceptors (Lipinski definition) is 12. The number of carbonyl (C=O) groups is 5. The maximum absolute atomic E-state index is 13.3. The summed E-state index contributed by atoms with van der Waals surface area (Å²) < 4.78 is 32.1. The summed E-state index contributed by atoms with van der Waals surface area (Å²) in [4.78, 5) is 62.2. The number of fused-ring (bicyclic) bond motifs is 2. The second-order valence-corrected chi connectivity index (χ2v) is 9.27. The third kappa shape index (κ3) is 5.75. The van der Waals surface area contributed by atoms with Crippen molar-refractivity contribution in [3.63, 3.8) is 0 Å². The van der Waals surface area contributed by atoms with Crippen molar-refractivity contribution in [1.29, 1.82) is 0 Å². The van der Waals surface area contributed by atoms with E-state index in [1.807, 2.05) is 0 Å². The number of methoxy groups -OCH3 is 1. The van der Waals surface area contributed by atoms with Gasteiger partial charge in [-0.25, -0.2) is 14.4 Å². The number of hydrogen-bond donors (Lipinski definition) is 1. The number of aliphatic hydroxyl groups is 1. The fraction of sp³-hybridized carbons (Fsp3) is 0.560. The van der Waals surface area contributed by atoms with Crippen LogP contribution in [0.2, 0.25) is 0 Å². The highest BCUT2D eigenvalue weighted by atomic mass is 16.6. The van der Waals surface area contributed by atoms with E-state index >= 15 is 0 Å². The molecule has 2 heterocycles. The first-order valence-electron chi connectivity index (χ1n) is 11.5. The zero-order valence-electron chi connectivity index (χ0n) is 21.3. The Kier molecular flexibility index (Phi) is 7.94. The van der Waals surface area contributed by atoms with Crippen molar-refractivity contribution in [2.45, 2.75) is 76.8 Å². The predicted octanol–water partition coefficient (Wildman–Crippen LogP) is 0.457. The monoisotopic (exact) mass is 522 g/mol. The molecular weight excluding hydrogens is 492 g/mol. The number of ether oxygens (including phenoxy) is 6. The fourth-order valence-corrected chi connectivity index (χ4v) is 4.26. The van der Waals surface area contributed by atoms with Crippen molar-refractivity contribution < 1.29 is 57.5 Å². The normalized spacial score (nSPS) is 33.9. The van der Waals surface area contributed by atoms with E-state index in [9.17, 15) is 29.1 Å². The van der Waals surface area contributed by atoms with Gasteiger partial charge in [-0.05, 0) is 38.5 Å². The lowest BCUT2D eigenvalue weighted by molar-refractivity contribution is -0.196. The van der Waals surface area contributed by atoms with Crippen LogP contribution in [0.25, 0.3) is 0 Å². The van der Waals surface area contributed by atoms with Gasteiger partial charge in [0.2, 0.25) is 0 Å². The average Bonchev–Trinajstić information content (AvgIpc) is 3.52. The molecule has 37 heavy (non-hydrogen) atoms. The molecule has 0 aromatic rings. The summed E-state index contributed by atoms with van der Waals surface area (Å²) in [5, 5.41) is 10.9. The Labute approximate surface area is 213 Å². The summed E-state index contributed by atoms with van der Waals surface area (Å²) in [6.45, 7) is 10.0. The summed E-state index contributed by atoms with van der Waals surface area (Å²) in [6, 6.07) is 0. The number of esters is 5. The Balaban J connectivity index is 2.16. The van der Waals surface area contributed by atoms with E-state index in [1.54, 1.807) is 13.0 Å². The van der Waals surface area contributed by atoms with Crippen LogP contribution in [0.15, 0.2) is 35.5 Å². The fourth-order valence-electron chi connectivity index (χ4n) is 4.26. The summed E-state index contributed by atoms with van der Waals surface area (Å²) in [6.07, 6.45) is -3.61. The SMILES string of the molecule is C=C1C(=O)OC2/C=C(/C)C3OC3/C=C(/C(=O)OC)C(OC(C)=O)C(OC(=O)C(C)(O)C(C)OC(C)=O)C12. The van der Waals surface area contributed by atoms with E-state index in [0.717, 1.165) is 27.9 Å². The molecule has 202 valence electrons. The lowest BCUT2D eigenvalue weighted by atomic mass is 9.83. The highest BCUT2D eigenvalue weighted by Gasteiger charge is 2.54. The second-order valence-electron chi connectivity index (χ2n) is 9.27. The zero-order chi connectivity index (χ0) is 27.8. The Hall–Kier alpha value is -3.51. The molecule has 1 aliphatic carbocycles. The first kappa shape index (κ1) is 28.1. The highest BCUT2D eigenvalue weighted by Crippen LogP contribution is 2.41. The van der Waals surface area contributed by atoms with Gasteiger partial charge in [0.05, 0.1) is 18.6 Å². The van der Waals surface area contributed by atoms with E-state index in [-0.39, 0.29) is 11.1 Å². The largest absolute Gasteiger partial charge is 0.466 e. The van der Waals surface area contributed by atoms with Crippen LogP contribution in [-0.2, 0) is 52.4 Å². The molecule has 0 aromatic heterocycles. The number of epoxide rings is 1. The third-order valence-corrected chi connectivity index (χ3v) is 6.47. The number of carbonyl (C=O) groups excluding carboxylic acids is 5. The van der Waals surface area contributed by atoms with Gasteiger partial charge in [0.15, 0.2) is 17.8 Å². The molecule has 2 aliphatic heterocycles. The molecule has 2 fully saturated rings.